The first-order valence-electron chi connectivity index (χ1n) is 10.3. The minimum atomic E-state index is -1.08. The lowest BCUT2D eigenvalue weighted by atomic mass is 9.99. The third-order valence-corrected chi connectivity index (χ3v) is 7.82. The molecule has 0 spiro atoms. The molecule has 1 unspecified atom stereocenters. The quantitative estimate of drug-likeness (QED) is 0.189. The van der Waals surface area contributed by atoms with Crippen LogP contribution >= 0.6 is 34.3 Å². The van der Waals surface area contributed by atoms with E-state index in [1.807, 2.05) is 0 Å². The van der Waals surface area contributed by atoms with Crippen LogP contribution in [-0.2, 0) is 9.59 Å². The van der Waals surface area contributed by atoms with Crippen molar-refractivity contribution in [2.24, 2.45) is 0 Å². The molecule has 1 amide bonds. The lowest BCUT2D eigenvalue weighted by Crippen LogP contribution is -2.28. The van der Waals surface area contributed by atoms with Crippen LogP contribution in [0.25, 0.3) is 16.0 Å². The van der Waals surface area contributed by atoms with Gasteiger partial charge in [-0.1, -0.05) is 29.0 Å². The summed E-state index contributed by atoms with van der Waals surface area (Å²) in [6.07, 6.45) is 0. The molecule has 2 aromatic carbocycles. The number of carbonyl (C=O) groups is 2. The predicted octanol–water partition coefficient (Wildman–Crippen LogP) is 5.93. The van der Waals surface area contributed by atoms with Crippen LogP contribution in [0.5, 0.6) is 11.5 Å². The van der Waals surface area contributed by atoms with E-state index in [9.17, 15) is 23.5 Å². The minimum Gasteiger partial charge on any atom is -0.507 e. The Bertz CT molecular complexity index is 1570. The van der Waals surface area contributed by atoms with Gasteiger partial charge >= 0.3 is 5.91 Å². The molecule has 7 nitrogen and oxygen atoms in total. The first-order valence-corrected chi connectivity index (χ1v) is 12.3. The third-order valence-electron chi connectivity index (χ3n) is 5.59. The normalized spacial score (nSPS) is 17.2. The van der Waals surface area contributed by atoms with Crippen LogP contribution in [0.2, 0.25) is 5.02 Å². The fourth-order valence-corrected chi connectivity index (χ4v) is 6.08. The van der Waals surface area contributed by atoms with Crippen molar-refractivity contribution >= 4 is 67.1 Å². The van der Waals surface area contributed by atoms with Crippen LogP contribution in [0.1, 0.15) is 16.5 Å². The number of ketones is 1. The van der Waals surface area contributed by atoms with Gasteiger partial charge in [-0.05, 0) is 23.6 Å². The smallest absolute Gasteiger partial charge is 0.301 e. The molecule has 1 fully saturated rings. The van der Waals surface area contributed by atoms with E-state index in [1.165, 1.54) is 37.7 Å². The Hall–Kier alpha value is -3.54. The molecule has 0 saturated carbocycles. The van der Waals surface area contributed by atoms with E-state index in [1.54, 1.807) is 17.5 Å². The minimum absolute atomic E-state index is 0.0196. The maximum Gasteiger partial charge on any atom is 0.301 e. The monoisotopic (exact) mass is 548 g/mol. The Kier molecular flexibility index (Phi) is 6.15. The second-order valence-corrected chi connectivity index (χ2v) is 10.00. The van der Waals surface area contributed by atoms with Crippen molar-refractivity contribution in [1.29, 1.82) is 0 Å². The molecule has 0 aliphatic carbocycles. The van der Waals surface area contributed by atoms with E-state index in [0.717, 1.165) is 22.3 Å². The molecule has 1 aliphatic rings. The van der Waals surface area contributed by atoms with E-state index >= 15 is 0 Å². The standard InChI is InChI=1S/C24H15ClF2N2O5S2/c1-33-14-9-15(34-2)12(25)8-11(14)21(30)18-20(16-4-3-5-35-16)29(23(32)22(18)31)24-28-19-13(27)6-10(26)7-17(19)36-24/h3-9,20,30H,1-2H3/b21-18+. The van der Waals surface area contributed by atoms with Crippen molar-refractivity contribution < 1.29 is 33.0 Å². The van der Waals surface area contributed by atoms with Gasteiger partial charge in [0.15, 0.2) is 10.9 Å². The zero-order chi connectivity index (χ0) is 25.7. The highest BCUT2D eigenvalue weighted by molar-refractivity contribution is 7.22. The van der Waals surface area contributed by atoms with Crippen molar-refractivity contribution in [1.82, 2.24) is 4.98 Å². The summed E-state index contributed by atoms with van der Waals surface area (Å²) in [5, 5.41) is 13.2. The van der Waals surface area contributed by atoms with Crippen molar-refractivity contribution in [2.45, 2.75) is 6.04 Å². The summed E-state index contributed by atoms with van der Waals surface area (Å²) in [5.74, 6) is -3.73. The van der Waals surface area contributed by atoms with Gasteiger partial charge in [-0.3, -0.25) is 14.5 Å². The van der Waals surface area contributed by atoms with Crippen LogP contribution < -0.4 is 14.4 Å². The Balaban J connectivity index is 1.74. The molecule has 0 bridgehead atoms. The van der Waals surface area contributed by atoms with E-state index in [0.29, 0.717) is 10.9 Å². The largest absolute Gasteiger partial charge is 0.507 e. The number of aliphatic hydroxyl groups excluding tert-OH is 1. The van der Waals surface area contributed by atoms with Crippen molar-refractivity contribution in [3.05, 3.63) is 74.4 Å². The molecule has 12 heteroatoms. The number of amides is 1. The number of methoxy groups -OCH3 is 2. The average molecular weight is 549 g/mol. The number of halogens is 3. The number of anilines is 1. The Morgan fingerprint density at radius 1 is 1.14 bits per heavy atom. The van der Waals surface area contributed by atoms with Crippen molar-refractivity contribution in [3.63, 3.8) is 0 Å². The molecule has 36 heavy (non-hydrogen) atoms. The number of rotatable bonds is 5. The molecule has 1 aliphatic heterocycles. The van der Waals surface area contributed by atoms with Gasteiger partial charge < -0.3 is 14.6 Å². The van der Waals surface area contributed by atoms with Gasteiger partial charge in [0.25, 0.3) is 5.78 Å². The number of Topliss-reactive ketones (excluding diaryl/α,β-unsaturated/α-hetero) is 1. The number of nitrogens with zero attached hydrogens (tertiary/aromatic N) is 2. The van der Waals surface area contributed by atoms with E-state index in [2.05, 4.69) is 4.98 Å². The number of benzene rings is 2. The van der Waals surface area contributed by atoms with Gasteiger partial charge in [0.1, 0.15) is 34.6 Å². The highest BCUT2D eigenvalue weighted by Crippen LogP contribution is 2.47. The van der Waals surface area contributed by atoms with Gasteiger partial charge in [0.05, 0.1) is 35.1 Å². The van der Waals surface area contributed by atoms with Gasteiger partial charge in [-0.2, -0.15) is 0 Å². The fourth-order valence-electron chi connectivity index (χ4n) is 3.98. The number of hydrogen-bond acceptors (Lipinski definition) is 8. The molecular formula is C24H15ClF2N2O5S2. The maximum absolute atomic E-state index is 14.4. The van der Waals surface area contributed by atoms with E-state index < -0.39 is 35.1 Å². The summed E-state index contributed by atoms with van der Waals surface area (Å²) in [6.45, 7) is 0. The molecule has 1 saturated heterocycles. The number of carbonyl (C=O) groups excluding carboxylic acids is 2. The molecule has 1 N–H and O–H groups in total. The number of fused-ring (bicyclic) bond motifs is 1. The highest BCUT2D eigenvalue weighted by Gasteiger charge is 2.49. The van der Waals surface area contributed by atoms with Crippen LogP contribution in [0, 0.1) is 11.6 Å². The lowest BCUT2D eigenvalue weighted by Gasteiger charge is -2.21. The molecule has 2 aromatic heterocycles. The summed E-state index contributed by atoms with van der Waals surface area (Å²) in [5.41, 5.74) is -0.292. The van der Waals surface area contributed by atoms with Crippen LogP contribution in [0.4, 0.5) is 13.9 Å². The number of hydrogen-bond donors (Lipinski definition) is 1. The molecule has 184 valence electrons. The summed E-state index contributed by atoms with van der Waals surface area (Å²) in [4.78, 5) is 32.4. The highest BCUT2D eigenvalue weighted by atomic mass is 35.5. The second kappa shape index (κ2) is 9.16. The zero-order valence-corrected chi connectivity index (χ0v) is 20.9. The molecule has 3 heterocycles. The third kappa shape index (κ3) is 3.80. The molecule has 0 radical (unpaired) electrons. The van der Waals surface area contributed by atoms with Crippen LogP contribution in [-0.4, -0.2) is 36.0 Å². The fraction of sp³-hybridized carbons (Fsp3) is 0.125. The first kappa shape index (κ1) is 24.2. The van der Waals surface area contributed by atoms with Gasteiger partial charge in [-0.15, -0.1) is 11.3 Å². The first-order chi connectivity index (χ1) is 17.2. The molecule has 4 aromatic rings. The Morgan fingerprint density at radius 2 is 1.89 bits per heavy atom. The number of thiazole rings is 1. The molecule has 1 atom stereocenters. The molecule has 5 rings (SSSR count). The SMILES string of the molecule is COc1cc(OC)c(/C(O)=C2\C(=O)C(=O)N(c3nc4c(F)cc(F)cc4s3)C2c2cccs2)cc1Cl. The number of thiophene rings is 1. The number of aliphatic hydroxyl groups is 1. The Labute approximate surface area is 215 Å². The van der Waals surface area contributed by atoms with Crippen LogP contribution in [0.15, 0.2) is 47.4 Å². The average Bonchev–Trinajstić information content (AvgIpc) is 3.57. The van der Waals surface area contributed by atoms with Gasteiger partial charge in [-0.25, -0.2) is 13.8 Å². The lowest BCUT2D eigenvalue weighted by molar-refractivity contribution is -0.132. The summed E-state index contributed by atoms with van der Waals surface area (Å²) in [6, 6.07) is 6.92. The van der Waals surface area contributed by atoms with Crippen molar-refractivity contribution in [2.75, 3.05) is 19.1 Å². The zero-order valence-electron chi connectivity index (χ0n) is 18.5. The van der Waals surface area contributed by atoms with E-state index in [4.69, 9.17) is 21.1 Å². The number of ether oxygens (including phenoxy) is 2. The molecular weight excluding hydrogens is 534 g/mol. The van der Waals surface area contributed by atoms with E-state index in [-0.39, 0.29) is 43.0 Å². The Morgan fingerprint density at radius 3 is 2.56 bits per heavy atom. The van der Waals surface area contributed by atoms with Crippen LogP contribution in [0.3, 0.4) is 0 Å². The number of aromatic nitrogens is 1. The maximum atomic E-state index is 14.4. The second-order valence-electron chi connectivity index (χ2n) is 7.60. The topological polar surface area (TPSA) is 89.0 Å². The van der Waals surface area contributed by atoms with Gasteiger partial charge in [0.2, 0.25) is 0 Å². The summed E-state index contributed by atoms with van der Waals surface area (Å²) < 4.78 is 38.8. The summed E-state index contributed by atoms with van der Waals surface area (Å²) in [7, 11) is 2.78. The van der Waals surface area contributed by atoms with Gasteiger partial charge in [0, 0.05) is 17.0 Å². The predicted molar refractivity (Wildman–Crippen MR) is 133 cm³/mol. The van der Waals surface area contributed by atoms with Crippen molar-refractivity contribution in [3.8, 4) is 11.5 Å². The summed E-state index contributed by atoms with van der Waals surface area (Å²) >= 11 is 8.36.